The summed E-state index contributed by atoms with van der Waals surface area (Å²) < 4.78 is 0. The number of likely N-dealkylation sites (N-methyl/N-ethyl adjacent to an activating group) is 1. The van der Waals surface area contributed by atoms with E-state index in [1.165, 1.54) is 37.8 Å². The highest BCUT2D eigenvalue weighted by atomic mass is 35.5. The first-order chi connectivity index (χ1) is 9.22. The van der Waals surface area contributed by atoms with Crippen molar-refractivity contribution in [3.05, 3.63) is 35.9 Å². The standard InChI is InChI=1S/C17H26N2.ClH/c1-13(14-6-4-3-5-7-14)12-19(2)17-10-15-8-9-16(11-17)18-15;/h3-7,13,15-18H,8-12H2,1-2H3;1H. The third kappa shape index (κ3) is 3.55. The smallest absolute Gasteiger partial charge is 0.0122 e. The van der Waals surface area contributed by atoms with Crippen molar-refractivity contribution in [3.8, 4) is 0 Å². The number of nitrogens with one attached hydrogen (secondary N) is 1. The van der Waals surface area contributed by atoms with Gasteiger partial charge < -0.3 is 10.2 Å². The van der Waals surface area contributed by atoms with E-state index in [-0.39, 0.29) is 12.4 Å². The topological polar surface area (TPSA) is 15.3 Å². The molecule has 2 fully saturated rings. The fourth-order valence-electron chi connectivity index (χ4n) is 3.86. The minimum atomic E-state index is 0. The van der Waals surface area contributed by atoms with Crippen LogP contribution in [0.2, 0.25) is 0 Å². The monoisotopic (exact) mass is 294 g/mol. The lowest BCUT2D eigenvalue weighted by Gasteiger charge is -2.36. The van der Waals surface area contributed by atoms with Crippen molar-refractivity contribution in [1.29, 1.82) is 0 Å². The maximum absolute atomic E-state index is 3.73. The summed E-state index contributed by atoms with van der Waals surface area (Å²) in [4.78, 5) is 2.60. The first-order valence-corrected chi connectivity index (χ1v) is 7.73. The molecule has 3 heteroatoms. The summed E-state index contributed by atoms with van der Waals surface area (Å²) in [5.41, 5.74) is 1.46. The van der Waals surface area contributed by atoms with Gasteiger partial charge in [-0.05, 0) is 44.2 Å². The van der Waals surface area contributed by atoms with Crippen LogP contribution in [0.3, 0.4) is 0 Å². The fraction of sp³-hybridized carbons (Fsp3) is 0.647. The molecular weight excluding hydrogens is 268 g/mol. The molecule has 1 N–H and O–H groups in total. The van der Waals surface area contributed by atoms with Crippen LogP contribution >= 0.6 is 12.4 Å². The van der Waals surface area contributed by atoms with Crippen molar-refractivity contribution in [1.82, 2.24) is 10.2 Å². The number of hydrogen-bond acceptors (Lipinski definition) is 2. The number of piperidine rings is 1. The molecular formula is C17H27ClN2. The lowest BCUT2D eigenvalue weighted by atomic mass is 9.95. The molecule has 20 heavy (non-hydrogen) atoms. The Morgan fingerprint density at radius 1 is 1.15 bits per heavy atom. The molecule has 2 nitrogen and oxygen atoms in total. The number of benzene rings is 1. The van der Waals surface area contributed by atoms with Gasteiger partial charge >= 0.3 is 0 Å². The molecule has 0 aromatic heterocycles. The van der Waals surface area contributed by atoms with Gasteiger partial charge in [-0.15, -0.1) is 12.4 Å². The molecule has 0 amide bonds. The summed E-state index contributed by atoms with van der Waals surface area (Å²) in [6.07, 6.45) is 5.47. The Bertz CT molecular complexity index is 397. The minimum absolute atomic E-state index is 0. The van der Waals surface area contributed by atoms with E-state index in [2.05, 4.69) is 54.5 Å². The SMILES string of the molecule is CC(CN(C)C1CC2CCC(C1)N2)c1ccccc1.Cl. The first-order valence-electron chi connectivity index (χ1n) is 7.73. The molecule has 3 rings (SSSR count). The van der Waals surface area contributed by atoms with Crippen molar-refractivity contribution in [2.45, 2.75) is 56.7 Å². The molecule has 2 saturated heterocycles. The van der Waals surface area contributed by atoms with E-state index >= 15 is 0 Å². The van der Waals surface area contributed by atoms with Gasteiger partial charge in [-0.25, -0.2) is 0 Å². The van der Waals surface area contributed by atoms with Crippen molar-refractivity contribution in [3.63, 3.8) is 0 Å². The van der Waals surface area contributed by atoms with Gasteiger partial charge in [0.1, 0.15) is 0 Å². The van der Waals surface area contributed by atoms with E-state index < -0.39 is 0 Å². The van der Waals surface area contributed by atoms with Gasteiger partial charge in [-0.2, -0.15) is 0 Å². The van der Waals surface area contributed by atoms with Crippen LogP contribution in [-0.4, -0.2) is 36.6 Å². The summed E-state index contributed by atoms with van der Waals surface area (Å²) >= 11 is 0. The van der Waals surface area contributed by atoms with Crippen LogP contribution in [0.4, 0.5) is 0 Å². The number of nitrogens with zero attached hydrogens (tertiary/aromatic N) is 1. The number of halogens is 1. The Morgan fingerprint density at radius 3 is 2.35 bits per heavy atom. The van der Waals surface area contributed by atoms with Gasteiger partial charge in [-0.3, -0.25) is 0 Å². The van der Waals surface area contributed by atoms with Crippen molar-refractivity contribution in [2.24, 2.45) is 0 Å². The molecule has 2 heterocycles. The maximum atomic E-state index is 3.73. The lowest BCUT2D eigenvalue weighted by molar-refractivity contribution is 0.166. The summed E-state index contributed by atoms with van der Waals surface area (Å²) in [5.74, 6) is 0.624. The van der Waals surface area contributed by atoms with Crippen LogP contribution in [0.25, 0.3) is 0 Å². The Kier molecular flexibility index (Phi) is 5.48. The van der Waals surface area contributed by atoms with Crippen molar-refractivity contribution < 1.29 is 0 Å². The van der Waals surface area contributed by atoms with Crippen LogP contribution in [-0.2, 0) is 0 Å². The van der Waals surface area contributed by atoms with E-state index in [0.717, 1.165) is 18.1 Å². The average molecular weight is 295 g/mol. The second-order valence-electron chi connectivity index (χ2n) is 6.51. The molecule has 1 aromatic rings. The lowest BCUT2D eigenvalue weighted by Crippen LogP contribution is -2.47. The Balaban J connectivity index is 0.00000147. The average Bonchev–Trinajstić information content (AvgIpc) is 2.78. The van der Waals surface area contributed by atoms with E-state index in [0.29, 0.717) is 5.92 Å². The Hall–Kier alpha value is -0.570. The quantitative estimate of drug-likeness (QED) is 0.915. The van der Waals surface area contributed by atoms with Crippen LogP contribution in [0.5, 0.6) is 0 Å². The van der Waals surface area contributed by atoms with E-state index in [4.69, 9.17) is 0 Å². The predicted molar refractivity (Wildman–Crippen MR) is 87.7 cm³/mol. The van der Waals surface area contributed by atoms with E-state index in [1.54, 1.807) is 0 Å². The van der Waals surface area contributed by atoms with Gasteiger partial charge in [0.25, 0.3) is 0 Å². The maximum Gasteiger partial charge on any atom is 0.0122 e. The molecule has 112 valence electrons. The van der Waals surface area contributed by atoms with Gasteiger partial charge in [0, 0.05) is 24.7 Å². The third-order valence-electron chi connectivity index (χ3n) is 5.00. The van der Waals surface area contributed by atoms with Crippen LogP contribution in [0.1, 0.15) is 44.1 Å². The molecule has 0 saturated carbocycles. The van der Waals surface area contributed by atoms with Crippen molar-refractivity contribution in [2.75, 3.05) is 13.6 Å². The summed E-state index contributed by atoms with van der Waals surface area (Å²) in [6, 6.07) is 13.3. The second-order valence-corrected chi connectivity index (χ2v) is 6.51. The van der Waals surface area contributed by atoms with Gasteiger partial charge in [0.05, 0.1) is 0 Å². The third-order valence-corrected chi connectivity index (χ3v) is 5.00. The molecule has 2 aliphatic heterocycles. The number of hydrogen-bond donors (Lipinski definition) is 1. The molecule has 0 aliphatic carbocycles. The van der Waals surface area contributed by atoms with Crippen LogP contribution in [0.15, 0.2) is 30.3 Å². The van der Waals surface area contributed by atoms with Crippen LogP contribution in [0, 0.1) is 0 Å². The van der Waals surface area contributed by atoms with Crippen LogP contribution < -0.4 is 5.32 Å². The number of fused-ring (bicyclic) bond motifs is 2. The largest absolute Gasteiger partial charge is 0.311 e. The molecule has 2 aliphatic rings. The highest BCUT2D eigenvalue weighted by molar-refractivity contribution is 5.85. The van der Waals surface area contributed by atoms with Gasteiger partial charge in [0.15, 0.2) is 0 Å². The Morgan fingerprint density at radius 2 is 1.75 bits per heavy atom. The molecule has 2 bridgehead atoms. The summed E-state index contributed by atoms with van der Waals surface area (Å²) in [7, 11) is 2.31. The first kappa shape index (κ1) is 15.8. The minimum Gasteiger partial charge on any atom is -0.311 e. The molecule has 3 atom stereocenters. The molecule has 0 radical (unpaired) electrons. The number of rotatable bonds is 4. The predicted octanol–water partition coefficient (Wildman–Crippen LogP) is 3.43. The second kappa shape index (κ2) is 6.93. The zero-order valence-electron chi connectivity index (χ0n) is 12.6. The van der Waals surface area contributed by atoms with E-state index in [1.807, 2.05) is 0 Å². The normalized spacial score (nSPS) is 30.1. The zero-order chi connectivity index (χ0) is 13.2. The summed E-state index contributed by atoms with van der Waals surface area (Å²) in [5, 5.41) is 3.73. The molecule has 1 aromatic carbocycles. The zero-order valence-corrected chi connectivity index (χ0v) is 13.4. The highest BCUT2D eigenvalue weighted by Gasteiger charge is 2.35. The highest BCUT2D eigenvalue weighted by Crippen LogP contribution is 2.30. The fourth-order valence-corrected chi connectivity index (χ4v) is 3.86. The van der Waals surface area contributed by atoms with Gasteiger partial charge in [-0.1, -0.05) is 37.3 Å². The molecule has 0 spiro atoms. The van der Waals surface area contributed by atoms with E-state index in [9.17, 15) is 0 Å². The van der Waals surface area contributed by atoms with Gasteiger partial charge in [0.2, 0.25) is 0 Å². The molecule has 3 unspecified atom stereocenters. The van der Waals surface area contributed by atoms with Crippen molar-refractivity contribution >= 4 is 12.4 Å². The Labute approximate surface area is 129 Å². The summed E-state index contributed by atoms with van der Waals surface area (Å²) in [6.45, 7) is 3.52.